The molecule has 0 saturated heterocycles. The quantitative estimate of drug-likeness (QED) is 0.649. The number of carbonyl (C=O) groups is 1. The summed E-state index contributed by atoms with van der Waals surface area (Å²) in [5, 5.41) is 3.54. The molecule has 0 saturated carbocycles. The van der Waals surface area contributed by atoms with E-state index in [1.54, 1.807) is 12.3 Å². The molecular formula is C23H27FN4O2. The van der Waals surface area contributed by atoms with Gasteiger partial charge in [0.15, 0.2) is 0 Å². The summed E-state index contributed by atoms with van der Waals surface area (Å²) in [6, 6.07) is 9.61. The number of halogens is 1. The molecule has 3 aromatic rings. The number of nitrogens with one attached hydrogen (secondary N) is 1. The number of benzene rings is 1. The van der Waals surface area contributed by atoms with Crippen molar-refractivity contribution in [2.24, 2.45) is 0 Å². The fourth-order valence-corrected chi connectivity index (χ4v) is 3.33. The van der Waals surface area contributed by atoms with E-state index in [9.17, 15) is 9.18 Å². The molecular weight excluding hydrogens is 383 g/mol. The fourth-order valence-electron chi connectivity index (χ4n) is 3.33. The molecule has 0 aliphatic carbocycles. The Bertz CT molecular complexity index is 1060. The highest BCUT2D eigenvalue weighted by molar-refractivity contribution is 6.00. The van der Waals surface area contributed by atoms with Gasteiger partial charge in [-0.05, 0) is 58.0 Å². The minimum atomic E-state index is -0.614. The van der Waals surface area contributed by atoms with Gasteiger partial charge in [-0.2, -0.15) is 0 Å². The third-order valence-electron chi connectivity index (χ3n) is 4.46. The lowest BCUT2D eigenvalue weighted by atomic mass is 9.98. The highest BCUT2D eigenvalue weighted by Crippen LogP contribution is 2.39. The van der Waals surface area contributed by atoms with Gasteiger partial charge in [0, 0.05) is 31.2 Å². The molecule has 2 heterocycles. The van der Waals surface area contributed by atoms with Gasteiger partial charge in [-0.1, -0.05) is 6.07 Å². The summed E-state index contributed by atoms with van der Waals surface area (Å²) in [7, 11) is 3.78. The standard InChI is InChI=1S/C23H27FN4O2/c1-14(26-22(29)30-23(2,3)4)20-19(18-9-7-8-12-25-18)21(28(5)6)16-13-15(24)10-11-17(16)27-20/h7-14H,1-6H3,(H,26,29). The molecule has 2 aromatic heterocycles. The zero-order valence-electron chi connectivity index (χ0n) is 18.2. The number of alkyl carbamates (subject to hydrolysis) is 1. The Balaban J connectivity index is 2.22. The summed E-state index contributed by atoms with van der Waals surface area (Å²) < 4.78 is 19.5. The summed E-state index contributed by atoms with van der Waals surface area (Å²) in [5.41, 5.74) is 2.85. The van der Waals surface area contributed by atoms with Crippen molar-refractivity contribution in [3.05, 3.63) is 54.1 Å². The Morgan fingerprint density at radius 3 is 2.53 bits per heavy atom. The van der Waals surface area contributed by atoms with Crippen LogP contribution >= 0.6 is 0 Å². The average molecular weight is 410 g/mol. The minimum Gasteiger partial charge on any atom is -0.444 e. The van der Waals surface area contributed by atoms with Crippen LogP contribution in [0.25, 0.3) is 22.2 Å². The van der Waals surface area contributed by atoms with Crippen molar-refractivity contribution in [2.75, 3.05) is 19.0 Å². The van der Waals surface area contributed by atoms with E-state index in [2.05, 4.69) is 10.3 Å². The van der Waals surface area contributed by atoms with Crippen molar-refractivity contribution < 1.29 is 13.9 Å². The lowest BCUT2D eigenvalue weighted by Crippen LogP contribution is -2.34. The van der Waals surface area contributed by atoms with Gasteiger partial charge in [0.25, 0.3) is 0 Å². The number of aromatic nitrogens is 2. The number of fused-ring (bicyclic) bond motifs is 1. The Morgan fingerprint density at radius 1 is 1.20 bits per heavy atom. The van der Waals surface area contributed by atoms with E-state index in [4.69, 9.17) is 9.72 Å². The van der Waals surface area contributed by atoms with E-state index in [1.165, 1.54) is 12.1 Å². The monoisotopic (exact) mass is 410 g/mol. The van der Waals surface area contributed by atoms with Crippen LogP contribution in [-0.4, -0.2) is 35.8 Å². The van der Waals surface area contributed by atoms with E-state index in [1.807, 2.05) is 64.9 Å². The number of hydrogen-bond donors (Lipinski definition) is 1. The Kier molecular flexibility index (Phi) is 5.92. The second kappa shape index (κ2) is 8.26. The molecule has 30 heavy (non-hydrogen) atoms. The first-order valence-electron chi connectivity index (χ1n) is 9.78. The lowest BCUT2D eigenvalue weighted by Gasteiger charge is -2.26. The number of hydrogen-bond acceptors (Lipinski definition) is 5. The van der Waals surface area contributed by atoms with Crippen molar-refractivity contribution in [1.82, 2.24) is 15.3 Å². The number of amides is 1. The molecule has 158 valence electrons. The number of pyridine rings is 2. The summed E-state index contributed by atoms with van der Waals surface area (Å²) in [4.78, 5) is 23.6. The SMILES string of the molecule is CC(NC(=O)OC(C)(C)C)c1nc2ccc(F)cc2c(N(C)C)c1-c1ccccn1. The summed E-state index contributed by atoms with van der Waals surface area (Å²) in [6.45, 7) is 7.27. The smallest absolute Gasteiger partial charge is 0.408 e. The molecule has 6 nitrogen and oxygen atoms in total. The molecule has 1 atom stereocenters. The third kappa shape index (κ3) is 4.67. The highest BCUT2D eigenvalue weighted by atomic mass is 19.1. The van der Waals surface area contributed by atoms with Crippen LogP contribution in [-0.2, 0) is 4.74 Å². The maximum absolute atomic E-state index is 14.1. The van der Waals surface area contributed by atoms with E-state index in [0.29, 0.717) is 22.3 Å². The predicted molar refractivity (Wildman–Crippen MR) is 117 cm³/mol. The first kappa shape index (κ1) is 21.5. The van der Waals surface area contributed by atoms with Crippen molar-refractivity contribution >= 4 is 22.7 Å². The zero-order chi connectivity index (χ0) is 22.1. The second-order valence-corrected chi connectivity index (χ2v) is 8.36. The lowest BCUT2D eigenvalue weighted by molar-refractivity contribution is 0.0507. The first-order valence-corrected chi connectivity index (χ1v) is 9.78. The summed E-state index contributed by atoms with van der Waals surface area (Å²) in [6.07, 6.45) is 1.16. The van der Waals surface area contributed by atoms with Gasteiger partial charge in [0.05, 0.1) is 28.6 Å². The van der Waals surface area contributed by atoms with E-state index < -0.39 is 17.7 Å². The molecule has 0 aliphatic rings. The number of carbonyl (C=O) groups excluding carboxylic acids is 1. The van der Waals surface area contributed by atoms with Gasteiger partial charge in [-0.15, -0.1) is 0 Å². The Hall–Kier alpha value is -3.22. The summed E-state index contributed by atoms with van der Waals surface area (Å²) >= 11 is 0. The molecule has 1 aromatic carbocycles. The topological polar surface area (TPSA) is 67.3 Å². The van der Waals surface area contributed by atoms with Gasteiger partial charge in [-0.3, -0.25) is 4.98 Å². The van der Waals surface area contributed by atoms with Gasteiger partial charge < -0.3 is 15.0 Å². The molecule has 0 aliphatic heterocycles. The number of ether oxygens (including phenoxy) is 1. The number of anilines is 1. The van der Waals surface area contributed by atoms with Crippen LogP contribution < -0.4 is 10.2 Å². The van der Waals surface area contributed by atoms with E-state index in [0.717, 1.165) is 11.3 Å². The average Bonchev–Trinajstić information content (AvgIpc) is 2.65. The molecule has 1 unspecified atom stereocenters. The van der Waals surface area contributed by atoms with Crippen LogP contribution in [0.15, 0.2) is 42.6 Å². The van der Waals surface area contributed by atoms with Gasteiger partial charge >= 0.3 is 6.09 Å². The minimum absolute atomic E-state index is 0.341. The van der Waals surface area contributed by atoms with Crippen LogP contribution in [0.5, 0.6) is 0 Å². The zero-order valence-corrected chi connectivity index (χ0v) is 18.2. The molecule has 0 spiro atoms. The van der Waals surface area contributed by atoms with Crippen molar-refractivity contribution in [3.8, 4) is 11.3 Å². The van der Waals surface area contributed by atoms with E-state index >= 15 is 0 Å². The largest absolute Gasteiger partial charge is 0.444 e. The van der Waals surface area contributed by atoms with Crippen LogP contribution in [0.4, 0.5) is 14.9 Å². The van der Waals surface area contributed by atoms with Crippen LogP contribution in [0.1, 0.15) is 39.4 Å². The third-order valence-corrected chi connectivity index (χ3v) is 4.46. The number of rotatable bonds is 4. The maximum Gasteiger partial charge on any atom is 0.408 e. The number of nitrogens with zero attached hydrogens (tertiary/aromatic N) is 3. The first-order chi connectivity index (χ1) is 14.1. The molecule has 3 rings (SSSR count). The molecule has 1 amide bonds. The maximum atomic E-state index is 14.1. The van der Waals surface area contributed by atoms with Crippen LogP contribution in [0.3, 0.4) is 0 Å². The predicted octanol–water partition coefficient (Wildman–Crippen LogP) is 5.09. The summed E-state index contributed by atoms with van der Waals surface area (Å²) in [5.74, 6) is -0.341. The van der Waals surface area contributed by atoms with E-state index in [-0.39, 0.29) is 5.82 Å². The highest BCUT2D eigenvalue weighted by Gasteiger charge is 2.25. The second-order valence-electron chi connectivity index (χ2n) is 8.36. The van der Waals surface area contributed by atoms with Gasteiger partial charge in [0.1, 0.15) is 11.4 Å². The van der Waals surface area contributed by atoms with Gasteiger partial charge in [0.2, 0.25) is 0 Å². The van der Waals surface area contributed by atoms with Gasteiger partial charge in [-0.25, -0.2) is 14.2 Å². The van der Waals surface area contributed by atoms with Crippen LogP contribution in [0.2, 0.25) is 0 Å². The Labute approximate surface area is 176 Å². The van der Waals surface area contributed by atoms with Crippen molar-refractivity contribution in [1.29, 1.82) is 0 Å². The molecule has 0 fully saturated rings. The van der Waals surface area contributed by atoms with Crippen molar-refractivity contribution in [3.63, 3.8) is 0 Å². The van der Waals surface area contributed by atoms with Crippen molar-refractivity contribution in [2.45, 2.75) is 39.3 Å². The molecule has 7 heteroatoms. The molecule has 1 N–H and O–H groups in total. The molecule has 0 bridgehead atoms. The normalized spacial score (nSPS) is 12.5. The molecule has 0 radical (unpaired) electrons. The van der Waals surface area contributed by atoms with Crippen LogP contribution in [0, 0.1) is 5.82 Å². The Morgan fingerprint density at radius 2 is 1.93 bits per heavy atom. The fraction of sp³-hybridized carbons (Fsp3) is 0.348.